The molecule has 8 heteroatoms. The second-order valence-corrected chi connectivity index (χ2v) is 6.51. The molecule has 3 rings (SSSR count). The van der Waals surface area contributed by atoms with Crippen molar-refractivity contribution in [1.82, 2.24) is 9.38 Å². The number of carbonyl (C=O) groups excluding carboxylic acids is 1. The monoisotopic (exact) mass is 396 g/mol. The maximum atomic E-state index is 12.2. The van der Waals surface area contributed by atoms with Gasteiger partial charge in [-0.2, -0.15) is 0 Å². The summed E-state index contributed by atoms with van der Waals surface area (Å²) in [6.45, 7) is 1.68. The molecule has 128 valence electrons. The van der Waals surface area contributed by atoms with Crippen molar-refractivity contribution < 1.29 is 9.53 Å². The number of rotatable bonds is 3. The quantitative estimate of drug-likeness (QED) is 0.488. The zero-order valence-corrected chi connectivity index (χ0v) is 15.2. The Morgan fingerprint density at radius 2 is 1.88 bits per heavy atom. The van der Waals surface area contributed by atoms with Gasteiger partial charge >= 0.3 is 5.97 Å². The van der Waals surface area contributed by atoms with Crippen molar-refractivity contribution in [2.24, 2.45) is 0 Å². The van der Waals surface area contributed by atoms with Crippen molar-refractivity contribution in [1.29, 1.82) is 0 Å². The summed E-state index contributed by atoms with van der Waals surface area (Å²) in [5.74, 6) is -0.747. The summed E-state index contributed by atoms with van der Waals surface area (Å²) >= 11 is 17.9. The molecule has 0 radical (unpaired) electrons. The van der Waals surface area contributed by atoms with Gasteiger partial charge < -0.3 is 4.74 Å². The summed E-state index contributed by atoms with van der Waals surface area (Å²) in [5.41, 5.74) is 1.42. The van der Waals surface area contributed by atoms with Gasteiger partial charge in [-0.05, 0) is 30.7 Å². The van der Waals surface area contributed by atoms with Crippen molar-refractivity contribution in [3.8, 4) is 0 Å². The molecule has 2 heterocycles. The number of pyridine rings is 1. The number of hydrogen-bond donors (Lipinski definition) is 0. The Kier molecular flexibility index (Phi) is 4.99. The molecule has 5 nitrogen and oxygen atoms in total. The van der Waals surface area contributed by atoms with Crippen LogP contribution < -0.4 is 5.56 Å². The van der Waals surface area contributed by atoms with E-state index in [1.54, 1.807) is 12.3 Å². The Balaban J connectivity index is 1.86. The van der Waals surface area contributed by atoms with E-state index in [2.05, 4.69) is 4.98 Å². The molecule has 0 amide bonds. The average molecular weight is 398 g/mol. The number of aryl methyl sites for hydroxylation is 1. The number of nitrogens with zero attached hydrogens (tertiary/aromatic N) is 2. The molecule has 2 aromatic heterocycles. The second kappa shape index (κ2) is 7.04. The summed E-state index contributed by atoms with van der Waals surface area (Å²) in [5, 5.41) is 0.332. The van der Waals surface area contributed by atoms with Gasteiger partial charge in [-0.25, -0.2) is 9.78 Å². The molecule has 0 spiro atoms. The lowest BCUT2D eigenvalue weighted by Crippen LogP contribution is -2.17. The smallest absolute Gasteiger partial charge is 0.341 e. The Hall–Kier alpha value is -2.08. The number of ether oxygens (including phenoxy) is 1. The fourth-order valence-corrected chi connectivity index (χ4v) is 2.94. The van der Waals surface area contributed by atoms with Crippen molar-refractivity contribution in [2.75, 3.05) is 0 Å². The third kappa shape index (κ3) is 3.63. The zero-order chi connectivity index (χ0) is 18.1. The van der Waals surface area contributed by atoms with E-state index in [1.165, 1.54) is 22.6 Å². The van der Waals surface area contributed by atoms with Crippen LogP contribution in [0, 0.1) is 6.92 Å². The summed E-state index contributed by atoms with van der Waals surface area (Å²) in [4.78, 5) is 28.7. The van der Waals surface area contributed by atoms with Crippen LogP contribution in [0.2, 0.25) is 15.1 Å². The van der Waals surface area contributed by atoms with E-state index in [-0.39, 0.29) is 32.8 Å². The summed E-state index contributed by atoms with van der Waals surface area (Å²) < 4.78 is 6.60. The molecule has 0 N–H and O–H groups in total. The standard InChI is InChI=1S/C17H11Cl3N2O3/c1-9-2-5-13-21-10(6-14(23)22(13)7-9)8-25-17(24)15-11(18)3-4-12(19)16(15)20/h2-7H,8H2,1H3. The van der Waals surface area contributed by atoms with Crippen LogP contribution in [0.3, 0.4) is 0 Å². The first-order valence-corrected chi connectivity index (χ1v) is 8.30. The highest BCUT2D eigenvalue weighted by atomic mass is 35.5. The number of esters is 1. The molecule has 0 aliphatic carbocycles. The fraction of sp³-hybridized carbons (Fsp3) is 0.118. The minimum absolute atomic E-state index is 0.0150. The van der Waals surface area contributed by atoms with Crippen LogP contribution in [0.25, 0.3) is 5.65 Å². The van der Waals surface area contributed by atoms with Crippen LogP contribution in [-0.2, 0) is 11.3 Å². The molecular weight excluding hydrogens is 387 g/mol. The molecular formula is C17H11Cl3N2O3. The van der Waals surface area contributed by atoms with Crippen molar-refractivity contribution in [3.05, 3.63) is 78.8 Å². The minimum Gasteiger partial charge on any atom is -0.455 e. The van der Waals surface area contributed by atoms with Gasteiger partial charge in [0.05, 0.1) is 26.3 Å². The van der Waals surface area contributed by atoms with Gasteiger partial charge in [-0.15, -0.1) is 0 Å². The molecule has 1 aromatic carbocycles. The molecule has 0 aliphatic rings. The first-order valence-electron chi connectivity index (χ1n) is 7.16. The van der Waals surface area contributed by atoms with Crippen LogP contribution >= 0.6 is 34.8 Å². The van der Waals surface area contributed by atoms with Gasteiger partial charge in [0.15, 0.2) is 0 Å². The highest BCUT2D eigenvalue weighted by Crippen LogP contribution is 2.32. The van der Waals surface area contributed by atoms with Gasteiger partial charge in [-0.1, -0.05) is 40.9 Å². The van der Waals surface area contributed by atoms with E-state index in [4.69, 9.17) is 39.5 Å². The third-order valence-corrected chi connectivity index (χ3v) is 4.58. The van der Waals surface area contributed by atoms with E-state index in [0.29, 0.717) is 11.3 Å². The SMILES string of the molecule is Cc1ccc2nc(COC(=O)c3c(Cl)ccc(Cl)c3Cl)cc(=O)n2c1. The van der Waals surface area contributed by atoms with Crippen LogP contribution in [0.5, 0.6) is 0 Å². The minimum atomic E-state index is -0.747. The van der Waals surface area contributed by atoms with Gasteiger partial charge in [-0.3, -0.25) is 9.20 Å². The van der Waals surface area contributed by atoms with Gasteiger partial charge in [0.25, 0.3) is 5.56 Å². The normalized spacial score (nSPS) is 10.9. The van der Waals surface area contributed by atoms with Crippen LogP contribution in [-0.4, -0.2) is 15.4 Å². The molecule has 0 fully saturated rings. The number of fused-ring (bicyclic) bond motifs is 1. The molecule has 0 unspecified atom stereocenters. The van der Waals surface area contributed by atoms with Crippen molar-refractivity contribution in [2.45, 2.75) is 13.5 Å². The van der Waals surface area contributed by atoms with Crippen molar-refractivity contribution >= 4 is 46.4 Å². The fourth-order valence-electron chi connectivity index (χ4n) is 2.26. The average Bonchev–Trinajstić information content (AvgIpc) is 2.57. The van der Waals surface area contributed by atoms with Gasteiger partial charge in [0.2, 0.25) is 0 Å². The summed E-state index contributed by atoms with van der Waals surface area (Å²) in [6.07, 6.45) is 1.69. The maximum absolute atomic E-state index is 12.2. The lowest BCUT2D eigenvalue weighted by atomic mass is 10.2. The molecule has 0 saturated heterocycles. The molecule has 0 atom stereocenters. The van der Waals surface area contributed by atoms with E-state index in [1.807, 2.05) is 13.0 Å². The predicted octanol–water partition coefficient (Wildman–Crippen LogP) is 4.32. The highest BCUT2D eigenvalue weighted by Gasteiger charge is 2.19. The Bertz CT molecular complexity index is 1050. The first kappa shape index (κ1) is 17.7. The van der Waals surface area contributed by atoms with Crippen molar-refractivity contribution in [3.63, 3.8) is 0 Å². The topological polar surface area (TPSA) is 60.7 Å². The zero-order valence-electron chi connectivity index (χ0n) is 12.9. The Morgan fingerprint density at radius 3 is 2.64 bits per heavy atom. The van der Waals surface area contributed by atoms with Gasteiger partial charge in [0, 0.05) is 12.3 Å². The molecule has 0 saturated carbocycles. The lowest BCUT2D eigenvalue weighted by molar-refractivity contribution is 0.0468. The summed E-state index contributed by atoms with van der Waals surface area (Å²) in [7, 11) is 0. The number of aromatic nitrogens is 2. The van der Waals surface area contributed by atoms with E-state index >= 15 is 0 Å². The highest BCUT2D eigenvalue weighted by molar-refractivity contribution is 6.46. The van der Waals surface area contributed by atoms with Crippen LogP contribution in [0.1, 0.15) is 21.6 Å². The number of benzene rings is 1. The second-order valence-electron chi connectivity index (χ2n) is 5.31. The van der Waals surface area contributed by atoms with E-state index in [0.717, 1.165) is 5.56 Å². The van der Waals surface area contributed by atoms with E-state index < -0.39 is 5.97 Å². The molecule has 0 bridgehead atoms. The number of halogens is 3. The van der Waals surface area contributed by atoms with E-state index in [9.17, 15) is 9.59 Å². The lowest BCUT2D eigenvalue weighted by Gasteiger charge is -2.09. The first-order chi connectivity index (χ1) is 11.9. The third-order valence-electron chi connectivity index (χ3n) is 3.46. The maximum Gasteiger partial charge on any atom is 0.341 e. The molecule has 25 heavy (non-hydrogen) atoms. The Labute approximate surface area is 157 Å². The Morgan fingerprint density at radius 1 is 1.16 bits per heavy atom. The molecule has 0 aliphatic heterocycles. The summed E-state index contributed by atoms with van der Waals surface area (Å²) in [6, 6.07) is 7.79. The molecule has 3 aromatic rings. The number of hydrogen-bond acceptors (Lipinski definition) is 4. The van der Waals surface area contributed by atoms with Gasteiger partial charge in [0.1, 0.15) is 12.3 Å². The van der Waals surface area contributed by atoms with Crippen LogP contribution in [0.4, 0.5) is 0 Å². The number of carbonyl (C=O) groups is 1. The predicted molar refractivity (Wildman–Crippen MR) is 96.8 cm³/mol. The van der Waals surface area contributed by atoms with Crippen LogP contribution in [0.15, 0.2) is 41.3 Å². The largest absolute Gasteiger partial charge is 0.455 e.